The summed E-state index contributed by atoms with van der Waals surface area (Å²) in [5, 5.41) is 5.68. The van der Waals surface area contributed by atoms with Gasteiger partial charge in [-0.15, -0.1) is 30.2 Å². The molecule has 31 heavy (non-hydrogen) atoms. The van der Waals surface area contributed by atoms with Crippen LogP contribution in [0.25, 0.3) is 0 Å². The molecule has 1 fully saturated rings. The van der Waals surface area contributed by atoms with E-state index in [-0.39, 0.29) is 39.1 Å². The fourth-order valence-corrected chi connectivity index (χ4v) is 3.68. The number of hydrogen-bond acceptors (Lipinski definition) is 2. The van der Waals surface area contributed by atoms with Crippen molar-refractivity contribution in [2.24, 2.45) is 11.3 Å². The molecule has 0 bridgehead atoms. The molecule has 2 N–H and O–H groups in total. The summed E-state index contributed by atoms with van der Waals surface area (Å²) in [6.45, 7) is 13.8. The van der Waals surface area contributed by atoms with Gasteiger partial charge in [0.2, 0.25) is 6.41 Å². The third-order valence-electron chi connectivity index (χ3n) is 5.03. The number of rotatable bonds is 5. The monoisotopic (exact) mass is 455 g/mol. The summed E-state index contributed by atoms with van der Waals surface area (Å²) in [7, 11) is 0. The van der Waals surface area contributed by atoms with Gasteiger partial charge in [0.05, 0.1) is 0 Å². The topological polar surface area (TPSA) is 58.2 Å². The van der Waals surface area contributed by atoms with Crippen LogP contribution in [0.15, 0.2) is 60.7 Å². The number of carbonyl (C=O) groups is 2. The second-order valence-electron chi connectivity index (χ2n) is 8.21. The second-order valence-corrected chi connectivity index (χ2v) is 8.21. The van der Waals surface area contributed by atoms with Crippen LogP contribution >= 0.6 is 0 Å². The smallest absolute Gasteiger partial charge is 0.505 e. The summed E-state index contributed by atoms with van der Waals surface area (Å²) < 4.78 is 0. The zero-order valence-corrected chi connectivity index (χ0v) is 20.5. The van der Waals surface area contributed by atoms with Crippen molar-refractivity contribution in [3.63, 3.8) is 0 Å². The van der Waals surface area contributed by atoms with Gasteiger partial charge in [0.15, 0.2) is 6.41 Å². The molecule has 1 saturated carbocycles. The van der Waals surface area contributed by atoms with E-state index in [9.17, 15) is 9.59 Å². The standard InChI is InChI=1S/C12H21N2O2.2C7H7.Ti/c1-4-9-10(13-7-15)5-12(2,3)6-11(9)14-8-16;2*1-7-5-3-2-4-6-7;/h7-10H,4-6H2,1-3H3,(H,13,15)(H,14,16);2*2-6H,1H2;/q3*-1;+3. The Kier molecular flexibility index (Phi) is 14.5. The predicted molar refractivity (Wildman–Crippen MR) is 124 cm³/mol. The maximum atomic E-state index is 10.6. The van der Waals surface area contributed by atoms with Crippen molar-refractivity contribution in [1.82, 2.24) is 10.6 Å². The van der Waals surface area contributed by atoms with Crippen LogP contribution in [0.5, 0.6) is 0 Å². The van der Waals surface area contributed by atoms with Gasteiger partial charge in [-0.3, -0.25) is 9.59 Å². The molecule has 4 nitrogen and oxygen atoms in total. The van der Waals surface area contributed by atoms with E-state index < -0.39 is 0 Å². The second kappa shape index (κ2) is 15.6. The van der Waals surface area contributed by atoms with Gasteiger partial charge in [0.1, 0.15) is 0 Å². The van der Waals surface area contributed by atoms with Crippen molar-refractivity contribution >= 4 is 12.8 Å². The van der Waals surface area contributed by atoms with Crippen molar-refractivity contribution in [2.75, 3.05) is 0 Å². The quantitative estimate of drug-likeness (QED) is 0.380. The van der Waals surface area contributed by atoms with Crippen LogP contribution in [0.1, 0.15) is 51.2 Å². The Morgan fingerprint density at radius 2 is 1.45 bits per heavy atom. The largest absolute Gasteiger partial charge is 3.00 e. The molecule has 0 heterocycles. The fourth-order valence-electron chi connectivity index (χ4n) is 3.68. The first-order valence-corrected chi connectivity index (χ1v) is 10.3. The molecule has 2 atom stereocenters. The zero-order chi connectivity index (χ0) is 22.4. The van der Waals surface area contributed by atoms with Gasteiger partial charge in [0, 0.05) is 6.04 Å². The third kappa shape index (κ3) is 11.7. The molecule has 2 amide bonds. The van der Waals surface area contributed by atoms with Crippen molar-refractivity contribution in [1.29, 1.82) is 0 Å². The molecule has 0 aromatic heterocycles. The summed E-state index contributed by atoms with van der Waals surface area (Å²) in [4.78, 5) is 21.2. The minimum Gasteiger partial charge on any atom is -0.505 e. The summed E-state index contributed by atoms with van der Waals surface area (Å²) in [5.74, 6) is 0.253. The van der Waals surface area contributed by atoms with Gasteiger partial charge in [-0.05, 0) is 6.42 Å². The Morgan fingerprint density at radius 3 is 1.77 bits per heavy atom. The molecule has 5 heteroatoms. The van der Waals surface area contributed by atoms with Crippen LogP contribution in [-0.4, -0.2) is 18.9 Å². The molecule has 165 valence electrons. The van der Waals surface area contributed by atoms with Crippen molar-refractivity contribution < 1.29 is 31.3 Å². The number of nitrogens with one attached hydrogen (secondary N) is 2. The average molecular weight is 455 g/mol. The van der Waals surface area contributed by atoms with E-state index in [1.54, 1.807) is 0 Å². The van der Waals surface area contributed by atoms with Crippen molar-refractivity contribution in [2.45, 2.75) is 46.1 Å². The number of amides is 2. The Balaban J connectivity index is 0.000000495. The van der Waals surface area contributed by atoms with Gasteiger partial charge in [-0.1, -0.05) is 44.7 Å². The Morgan fingerprint density at radius 1 is 0.968 bits per heavy atom. The van der Waals surface area contributed by atoms with E-state index in [0.717, 1.165) is 49.3 Å². The summed E-state index contributed by atoms with van der Waals surface area (Å²) in [5.41, 5.74) is 2.27. The molecular formula is C26H35N2O2Ti. The minimum absolute atomic E-state index is 0. The van der Waals surface area contributed by atoms with Crippen molar-refractivity contribution in [3.05, 3.63) is 91.7 Å². The summed E-state index contributed by atoms with van der Waals surface area (Å²) in [6, 6.07) is 20.9. The van der Waals surface area contributed by atoms with E-state index in [1.165, 1.54) is 0 Å². The van der Waals surface area contributed by atoms with Crippen LogP contribution in [0, 0.1) is 31.2 Å². The summed E-state index contributed by atoms with van der Waals surface area (Å²) >= 11 is 0. The SMILES string of the molecule is CCC1[C-](NC=O)CC(C)(C)CC1NC=O.[CH2-]c1ccccc1.[CH2-]c1ccccc1.[Ti+3]. The fraction of sp³-hybridized carbons (Fsp3) is 0.346. The third-order valence-corrected chi connectivity index (χ3v) is 5.03. The van der Waals surface area contributed by atoms with Crippen LogP contribution < -0.4 is 10.6 Å². The normalized spacial score (nSPS) is 19.1. The molecule has 0 saturated heterocycles. The van der Waals surface area contributed by atoms with Gasteiger partial charge in [-0.25, -0.2) is 6.04 Å². The predicted octanol–water partition coefficient (Wildman–Crippen LogP) is 4.96. The van der Waals surface area contributed by atoms with Gasteiger partial charge >= 0.3 is 21.7 Å². The Hall–Kier alpha value is -2.17. The van der Waals surface area contributed by atoms with Gasteiger partial charge in [0.25, 0.3) is 0 Å². The molecule has 1 radical (unpaired) electrons. The van der Waals surface area contributed by atoms with E-state index >= 15 is 0 Å². The first-order valence-electron chi connectivity index (χ1n) is 10.3. The van der Waals surface area contributed by atoms with Crippen LogP contribution in [0.3, 0.4) is 0 Å². The molecular weight excluding hydrogens is 420 g/mol. The first-order chi connectivity index (χ1) is 14.3. The molecule has 3 rings (SSSR count). The van der Waals surface area contributed by atoms with Gasteiger partial charge < -0.3 is 10.6 Å². The molecule has 2 aromatic carbocycles. The number of hydrogen-bond donors (Lipinski definition) is 2. The van der Waals surface area contributed by atoms with Crippen LogP contribution in [-0.2, 0) is 31.3 Å². The van der Waals surface area contributed by atoms with E-state index in [2.05, 4.69) is 45.3 Å². The average Bonchev–Trinajstić information content (AvgIpc) is 2.70. The number of carbonyl (C=O) groups excluding carboxylic acids is 2. The molecule has 2 unspecified atom stereocenters. The van der Waals surface area contributed by atoms with E-state index in [4.69, 9.17) is 0 Å². The van der Waals surface area contributed by atoms with Crippen LogP contribution in [0.4, 0.5) is 0 Å². The molecule has 0 aliphatic heterocycles. The Labute approximate surface area is 203 Å². The van der Waals surface area contributed by atoms with E-state index in [1.807, 2.05) is 60.7 Å². The van der Waals surface area contributed by atoms with Crippen molar-refractivity contribution in [3.8, 4) is 0 Å². The zero-order valence-electron chi connectivity index (χ0n) is 18.9. The molecule has 2 aromatic rings. The Bertz CT molecular complexity index is 663. The number of benzene rings is 2. The summed E-state index contributed by atoms with van der Waals surface area (Å²) in [6.07, 6.45) is 4.26. The molecule has 1 aliphatic rings. The van der Waals surface area contributed by atoms with Gasteiger partial charge in [-0.2, -0.15) is 55.7 Å². The van der Waals surface area contributed by atoms with Crippen LogP contribution in [0.2, 0.25) is 0 Å². The molecule has 0 spiro atoms. The maximum absolute atomic E-state index is 10.6. The maximum Gasteiger partial charge on any atom is 3.00 e. The minimum atomic E-state index is 0. The first kappa shape index (κ1) is 28.8. The van der Waals surface area contributed by atoms with E-state index in [0.29, 0.717) is 0 Å². The molecule has 1 aliphatic carbocycles.